The highest BCUT2D eigenvalue weighted by atomic mass is 32.2. The van der Waals surface area contributed by atoms with Crippen LogP contribution in [0.1, 0.15) is 26.6 Å². The minimum Gasteiger partial charge on any atom is -0.250 e. The summed E-state index contributed by atoms with van der Waals surface area (Å²) in [5.74, 6) is 0. The fraction of sp³-hybridized carbons (Fsp3) is 0.400. The van der Waals surface area contributed by atoms with Gasteiger partial charge in [-0.1, -0.05) is 17.7 Å². The third-order valence-corrected chi connectivity index (χ3v) is 5.94. The van der Waals surface area contributed by atoms with Gasteiger partial charge < -0.3 is 0 Å². The van der Waals surface area contributed by atoms with Gasteiger partial charge in [-0.05, 0) is 45.2 Å². The molecule has 2 rings (SSSR count). The van der Waals surface area contributed by atoms with Crippen LogP contribution in [0.5, 0.6) is 0 Å². The lowest BCUT2D eigenvalue weighted by atomic mass is 10.1. The van der Waals surface area contributed by atoms with Crippen molar-refractivity contribution in [2.75, 3.05) is 6.54 Å². The average Bonchev–Trinajstić information content (AvgIpc) is 2.72. The summed E-state index contributed by atoms with van der Waals surface area (Å²) in [5.41, 5.74) is 2.64. The Morgan fingerprint density at radius 1 is 1.14 bits per heavy atom. The number of hydrogen-bond acceptors (Lipinski definition) is 4. The second-order valence-corrected chi connectivity index (χ2v) is 8.24. The molecule has 0 radical (unpaired) electrons. The molecule has 6 heteroatoms. The molecule has 1 aromatic carbocycles. The molecular weight excluding hydrogens is 304 g/mol. The quantitative estimate of drug-likeness (QED) is 0.920. The molecule has 0 saturated heterocycles. The second-order valence-electron chi connectivity index (χ2n) is 5.22. The molecule has 0 spiro atoms. The van der Waals surface area contributed by atoms with Gasteiger partial charge in [0.15, 0.2) is 0 Å². The Kier molecular flexibility index (Phi) is 4.81. The highest BCUT2D eigenvalue weighted by molar-refractivity contribution is 7.89. The van der Waals surface area contributed by atoms with Crippen LogP contribution < -0.4 is 4.72 Å². The minimum atomic E-state index is -3.47. The molecule has 1 aromatic heterocycles. The topological polar surface area (TPSA) is 59.1 Å². The van der Waals surface area contributed by atoms with E-state index in [-0.39, 0.29) is 0 Å². The Labute approximate surface area is 130 Å². The summed E-state index contributed by atoms with van der Waals surface area (Å²) in [5, 5.41) is 0.998. The largest absolute Gasteiger partial charge is 0.250 e. The van der Waals surface area contributed by atoms with Crippen molar-refractivity contribution in [2.24, 2.45) is 0 Å². The number of thiazole rings is 1. The van der Waals surface area contributed by atoms with Gasteiger partial charge in [-0.25, -0.2) is 18.1 Å². The van der Waals surface area contributed by atoms with Crippen molar-refractivity contribution in [3.8, 4) is 0 Å². The molecule has 4 nitrogen and oxygen atoms in total. The van der Waals surface area contributed by atoms with Crippen LogP contribution in [-0.2, 0) is 16.4 Å². The molecule has 0 fully saturated rings. The highest BCUT2D eigenvalue weighted by Gasteiger charge is 2.19. The van der Waals surface area contributed by atoms with Crippen LogP contribution in [0.3, 0.4) is 0 Å². The van der Waals surface area contributed by atoms with Crippen LogP contribution >= 0.6 is 11.3 Å². The van der Waals surface area contributed by atoms with Crippen molar-refractivity contribution in [3.05, 3.63) is 44.9 Å². The van der Waals surface area contributed by atoms with E-state index in [1.807, 2.05) is 39.8 Å². The number of aryl methyl sites for hydroxylation is 4. The summed E-state index contributed by atoms with van der Waals surface area (Å²) in [4.78, 5) is 5.66. The van der Waals surface area contributed by atoms with Crippen LogP contribution in [-0.4, -0.2) is 19.9 Å². The monoisotopic (exact) mass is 324 g/mol. The van der Waals surface area contributed by atoms with Crippen LogP contribution in [0.4, 0.5) is 0 Å². The van der Waals surface area contributed by atoms with E-state index in [2.05, 4.69) is 9.71 Å². The van der Waals surface area contributed by atoms with Gasteiger partial charge >= 0.3 is 0 Å². The van der Waals surface area contributed by atoms with Crippen molar-refractivity contribution in [1.82, 2.24) is 9.71 Å². The second kappa shape index (κ2) is 6.25. The van der Waals surface area contributed by atoms with Crippen molar-refractivity contribution in [3.63, 3.8) is 0 Å². The van der Waals surface area contributed by atoms with E-state index in [4.69, 9.17) is 0 Å². The Bertz CT molecular complexity index is 726. The van der Waals surface area contributed by atoms with E-state index in [9.17, 15) is 8.42 Å². The lowest BCUT2D eigenvalue weighted by Crippen LogP contribution is -2.27. The molecule has 1 heterocycles. The maximum absolute atomic E-state index is 12.5. The van der Waals surface area contributed by atoms with Gasteiger partial charge in [0.2, 0.25) is 10.0 Å². The number of aromatic nitrogens is 1. The highest BCUT2D eigenvalue weighted by Crippen LogP contribution is 2.21. The number of sulfonamides is 1. The maximum atomic E-state index is 12.5. The molecule has 1 N–H and O–H groups in total. The number of benzene rings is 1. The van der Waals surface area contributed by atoms with Crippen LogP contribution in [0.25, 0.3) is 0 Å². The first-order chi connectivity index (χ1) is 9.79. The third-order valence-electron chi connectivity index (χ3n) is 3.21. The SMILES string of the molecule is Cc1cc(C)c(S(=O)(=O)NCCc2cnc(C)s2)c(C)c1. The van der Waals surface area contributed by atoms with Gasteiger partial charge in [-0.2, -0.15) is 0 Å². The van der Waals surface area contributed by atoms with Gasteiger partial charge in [0.25, 0.3) is 0 Å². The Morgan fingerprint density at radius 3 is 2.29 bits per heavy atom. The first kappa shape index (κ1) is 16.1. The molecule has 0 unspecified atom stereocenters. The summed E-state index contributed by atoms with van der Waals surface area (Å²) >= 11 is 1.60. The number of nitrogens with one attached hydrogen (secondary N) is 1. The van der Waals surface area contributed by atoms with E-state index >= 15 is 0 Å². The van der Waals surface area contributed by atoms with Crippen LogP contribution in [0.15, 0.2) is 23.2 Å². The fourth-order valence-electron chi connectivity index (χ4n) is 2.49. The van der Waals surface area contributed by atoms with Crippen LogP contribution in [0, 0.1) is 27.7 Å². The third kappa shape index (κ3) is 3.90. The Hall–Kier alpha value is -1.24. The zero-order valence-corrected chi connectivity index (χ0v) is 14.4. The first-order valence-electron chi connectivity index (χ1n) is 6.78. The summed E-state index contributed by atoms with van der Waals surface area (Å²) in [6.45, 7) is 7.96. The molecule has 0 aliphatic carbocycles. The molecule has 0 saturated carbocycles. The summed E-state index contributed by atoms with van der Waals surface area (Å²) in [6.07, 6.45) is 2.46. The number of hydrogen-bond donors (Lipinski definition) is 1. The molecule has 0 aliphatic heterocycles. The predicted octanol–water partition coefficient (Wildman–Crippen LogP) is 2.90. The minimum absolute atomic E-state index is 0.386. The van der Waals surface area contributed by atoms with Gasteiger partial charge in [-0.15, -0.1) is 11.3 Å². The standard InChI is InChI=1S/C15H20N2O2S2/c1-10-7-11(2)15(12(3)8-10)21(18,19)17-6-5-14-9-16-13(4)20-14/h7-9,17H,5-6H2,1-4H3. The average molecular weight is 324 g/mol. The van der Waals surface area contributed by atoms with E-state index in [0.717, 1.165) is 26.6 Å². The van der Waals surface area contributed by atoms with Crippen molar-refractivity contribution < 1.29 is 8.42 Å². The fourth-order valence-corrected chi connectivity index (χ4v) is 4.77. The predicted molar refractivity (Wildman–Crippen MR) is 86.4 cm³/mol. The lowest BCUT2D eigenvalue weighted by Gasteiger charge is -2.12. The smallest absolute Gasteiger partial charge is 0.241 e. The summed E-state index contributed by atoms with van der Waals surface area (Å²) < 4.78 is 27.6. The van der Waals surface area contributed by atoms with E-state index in [0.29, 0.717) is 17.9 Å². The van der Waals surface area contributed by atoms with Crippen LogP contribution in [0.2, 0.25) is 0 Å². The van der Waals surface area contributed by atoms with Crippen molar-refractivity contribution >= 4 is 21.4 Å². The van der Waals surface area contributed by atoms with Gasteiger partial charge in [-0.3, -0.25) is 0 Å². The van der Waals surface area contributed by atoms with Crippen molar-refractivity contribution in [2.45, 2.75) is 39.0 Å². The molecule has 2 aromatic rings. The van der Waals surface area contributed by atoms with E-state index in [1.54, 1.807) is 17.5 Å². The van der Waals surface area contributed by atoms with Gasteiger partial charge in [0.1, 0.15) is 0 Å². The molecule has 21 heavy (non-hydrogen) atoms. The molecule has 0 atom stereocenters. The molecule has 0 bridgehead atoms. The zero-order valence-electron chi connectivity index (χ0n) is 12.7. The molecular formula is C15H20N2O2S2. The maximum Gasteiger partial charge on any atom is 0.241 e. The Balaban J connectivity index is 2.12. The van der Waals surface area contributed by atoms with Gasteiger partial charge in [0, 0.05) is 17.6 Å². The normalized spacial score (nSPS) is 11.8. The van der Waals surface area contributed by atoms with E-state index < -0.39 is 10.0 Å². The Morgan fingerprint density at radius 2 is 1.76 bits per heavy atom. The summed E-state index contributed by atoms with van der Waals surface area (Å²) in [7, 11) is -3.47. The molecule has 0 aliphatic rings. The van der Waals surface area contributed by atoms with Gasteiger partial charge in [0.05, 0.1) is 9.90 Å². The number of nitrogens with zero attached hydrogens (tertiary/aromatic N) is 1. The lowest BCUT2D eigenvalue weighted by molar-refractivity contribution is 0.580. The summed E-state index contributed by atoms with van der Waals surface area (Å²) in [6, 6.07) is 3.79. The number of rotatable bonds is 5. The van der Waals surface area contributed by atoms with Crippen molar-refractivity contribution in [1.29, 1.82) is 0 Å². The molecule has 0 amide bonds. The zero-order chi connectivity index (χ0) is 15.6. The first-order valence-corrected chi connectivity index (χ1v) is 9.08. The molecule has 114 valence electrons. The van der Waals surface area contributed by atoms with E-state index in [1.165, 1.54) is 0 Å².